The molecule has 5 aromatic rings. The van der Waals surface area contributed by atoms with Crippen LogP contribution in [-0.2, 0) is 11.8 Å². The van der Waals surface area contributed by atoms with Gasteiger partial charge in [-0.05, 0) is 73.1 Å². The van der Waals surface area contributed by atoms with Gasteiger partial charge in [0.1, 0.15) is 28.4 Å². The van der Waals surface area contributed by atoms with Crippen LogP contribution >= 0.6 is 0 Å². The lowest BCUT2D eigenvalue weighted by Gasteiger charge is -2.42. The van der Waals surface area contributed by atoms with Crippen molar-refractivity contribution in [3.63, 3.8) is 0 Å². The van der Waals surface area contributed by atoms with Crippen molar-refractivity contribution in [1.29, 1.82) is 0 Å². The third-order valence-electron chi connectivity index (χ3n) is 13.4. The van der Waals surface area contributed by atoms with Crippen LogP contribution in [0, 0.1) is 47.1 Å². The van der Waals surface area contributed by atoms with Crippen LogP contribution in [0.4, 0.5) is 27.8 Å². The van der Waals surface area contributed by atoms with Gasteiger partial charge in [-0.3, -0.25) is 9.58 Å². The van der Waals surface area contributed by atoms with E-state index in [4.69, 9.17) is 31.0 Å². The van der Waals surface area contributed by atoms with E-state index in [2.05, 4.69) is 20.6 Å². The zero-order chi connectivity index (χ0) is 40.2. The molecule has 2 aromatic heterocycles. The van der Waals surface area contributed by atoms with E-state index in [0.717, 1.165) is 51.7 Å². The minimum absolute atomic E-state index is 0.00122. The van der Waals surface area contributed by atoms with Crippen LogP contribution in [0.25, 0.3) is 43.7 Å². The quantitative estimate of drug-likeness (QED) is 0.0872. The van der Waals surface area contributed by atoms with Crippen LogP contribution < -0.4 is 9.64 Å². The van der Waals surface area contributed by atoms with Crippen molar-refractivity contribution in [1.82, 2.24) is 29.5 Å². The number of methoxy groups -OCH3 is 1. The molecular weight excluding hydrogens is 758 g/mol. The maximum absolute atomic E-state index is 17.8. The van der Waals surface area contributed by atoms with Gasteiger partial charge in [-0.2, -0.15) is 28.2 Å². The molecule has 3 saturated heterocycles. The maximum atomic E-state index is 17.8. The summed E-state index contributed by atoms with van der Waals surface area (Å²) in [6, 6.07) is 5.73. The smallest absolute Gasteiger partial charge is 0.392 e. The molecule has 3 aliphatic heterocycles. The summed E-state index contributed by atoms with van der Waals surface area (Å²) in [7, 11) is 3.44. The number of nitrogens with zero attached hydrogens (tertiary/aromatic N) is 7. The van der Waals surface area contributed by atoms with Crippen molar-refractivity contribution in [2.75, 3.05) is 64.5 Å². The molecule has 2 unspecified atom stereocenters. The number of piperazine rings is 1. The fourth-order valence-corrected chi connectivity index (χ4v) is 10.6. The number of hydrogen-bond donors (Lipinski definition) is 1. The number of aromatic nitrogens is 4. The summed E-state index contributed by atoms with van der Waals surface area (Å²) in [6.45, 7) is 4.87. The monoisotopic (exact) mass is 801 g/mol. The number of rotatable bonds is 11. The Morgan fingerprint density at radius 2 is 1.72 bits per heavy atom. The van der Waals surface area contributed by atoms with Gasteiger partial charge in [0.25, 0.3) is 0 Å². The number of ether oxygens (including phenoxy) is 2. The average molecular weight is 802 g/mol. The highest BCUT2D eigenvalue weighted by molar-refractivity contribution is 6.18. The normalized spacial score (nSPS) is 25.2. The van der Waals surface area contributed by atoms with E-state index in [9.17, 15) is 18.3 Å². The van der Waals surface area contributed by atoms with Crippen LogP contribution in [0.3, 0.4) is 0 Å². The molecule has 2 bridgehead atoms. The Labute approximate surface area is 331 Å². The Morgan fingerprint density at radius 3 is 2.40 bits per heavy atom. The number of terminal acetylenes is 1. The number of halogens is 5. The Morgan fingerprint density at radius 1 is 0.983 bits per heavy atom. The molecule has 10 rings (SSSR count). The predicted molar refractivity (Wildman–Crippen MR) is 209 cm³/mol. The van der Waals surface area contributed by atoms with E-state index in [1.54, 1.807) is 25.0 Å². The molecule has 15 heteroatoms. The molecule has 2 saturated carbocycles. The van der Waals surface area contributed by atoms with E-state index >= 15 is 8.78 Å². The van der Waals surface area contributed by atoms with Gasteiger partial charge in [-0.25, -0.2) is 8.78 Å². The predicted octanol–water partition coefficient (Wildman–Crippen LogP) is 6.89. The molecule has 5 aliphatic rings. The van der Waals surface area contributed by atoms with Gasteiger partial charge in [0, 0.05) is 100 Å². The molecule has 10 nitrogen and oxygen atoms in total. The lowest BCUT2D eigenvalue weighted by molar-refractivity contribution is -0.157. The molecule has 304 valence electrons. The fraction of sp³-hybridized carbons (Fsp3) is 0.512. The van der Waals surface area contributed by atoms with E-state index in [0.29, 0.717) is 48.2 Å². The first kappa shape index (κ1) is 37.5. The molecule has 58 heavy (non-hydrogen) atoms. The molecular formula is C43H44F5N7O3. The first-order chi connectivity index (χ1) is 27.9. The van der Waals surface area contributed by atoms with Crippen molar-refractivity contribution in [3.05, 3.63) is 47.7 Å². The average Bonchev–Trinajstić information content (AvgIpc) is 3.96. The van der Waals surface area contributed by atoms with Crippen LogP contribution in [0.5, 0.6) is 11.8 Å². The van der Waals surface area contributed by atoms with E-state index in [1.165, 1.54) is 24.3 Å². The summed E-state index contributed by atoms with van der Waals surface area (Å²) >= 11 is 0. The third-order valence-corrected chi connectivity index (χ3v) is 13.4. The van der Waals surface area contributed by atoms with Crippen molar-refractivity contribution < 1.29 is 36.5 Å². The molecule has 1 N–H and O–H groups in total. The summed E-state index contributed by atoms with van der Waals surface area (Å²) in [6.07, 6.45) is 7.96. The zero-order valence-corrected chi connectivity index (χ0v) is 32.3. The second-order valence-electron chi connectivity index (χ2n) is 17.2. The topological polar surface area (TPSA) is 92.0 Å². The highest BCUT2D eigenvalue weighted by Crippen LogP contribution is 2.60. The molecule has 0 spiro atoms. The van der Waals surface area contributed by atoms with Crippen molar-refractivity contribution in [3.8, 4) is 35.2 Å². The molecule has 5 heterocycles. The second-order valence-corrected chi connectivity index (χ2v) is 17.2. The summed E-state index contributed by atoms with van der Waals surface area (Å²) < 4.78 is 86.7. The third kappa shape index (κ3) is 6.21. The Balaban J connectivity index is 1.08. The molecule has 3 aromatic carbocycles. The number of phenols is 1. The van der Waals surface area contributed by atoms with E-state index < -0.39 is 23.7 Å². The van der Waals surface area contributed by atoms with Gasteiger partial charge in [-0.15, -0.1) is 6.42 Å². The van der Waals surface area contributed by atoms with Gasteiger partial charge in [0.2, 0.25) is 0 Å². The van der Waals surface area contributed by atoms with Gasteiger partial charge in [-0.1, -0.05) is 12.0 Å². The Kier molecular flexibility index (Phi) is 8.82. The van der Waals surface area contributed by atoms with Crippen LogP contribution in [0.15, 0.2) is 30.5 Å². The van der Waals surface area contributed by atoms with Crippen LogP contribution in [-0.4, -0.2) is 113 Å². The number of phenolic OH excluding ortho intramolecular Hbond substituents is 1. The first-order valence-electron chi connectivity index (χ1n) is 20.1. The van der Waals surface area contributed by atoms with Crippen LogP contribution in [0.2, 0.25) is 0 Å². The highest BCUT2D eigenvalue weighted by atomic mass is 19.4. The van der Waals surface area contributed by atoms with Crippen LogP contribution in [0.1, 0.15) is 37.7 Å². The summed E-state index contributed by atoms with van der Waals surface area (Å²) in [5.41, 5.74) is 0.132. The van der Waals surface area contributed by atoms with Crippen molar-refractivity contribution in [2.45, 2.75) is 50.4 Å². The maximum Gasteiger partial charge on any atom is 0.392 e. The molecule has 0 amide bonds. The second kappa shape index (κ2) is 13.6. The minimum atomic E-state index is -4.15. The van der Waals surface area contributed by atoms with Gasteiger partial charge >= 0.3 is 12.2 Å². The Hall–Kier alpha value is -4.78. The summed E-state index contributed by atoms with van der Waals surface area (Å²) in [5, 5.41) is 17.4. The largest absolute Gasteiger partial charge is 0.508 e. The van der Waals surface area contributed by atoms with E-state index in [-0.39, 0.29) is 80.8 Å². The molecule has 2 aliphatic carbocycles. The number of anilines is 1. The molecule has 0 radical (unpaired) electrons. The molecule has 4 atom stereocenters. The number of hydrogen-bond acceptors (Lipinski definition) is 9. The van der Waals surface area contributed by atoms with Gasteiger partial charge in [0.05, 0.1) is 23.5 Å². The van der Waals surface area contributed by atoms with E-state index in [1.807, 2.05) is 0 Å². The number of piperidine rings is 1. The van der Waals surface area contributed by atoms with Gasteiger partial charge < -0.3 is 24.4 Å². The lowest BCUT2D eigenvalue weighted by atomic mass is 9.91. The number of aryl methyl sites for hydroxylation is 1. The minimum Gasteiger partial charge on any atom is -0.508 e. The lowest BCUT2D eigenvalue weighted by Crippen LogP contribution is -2.54. The van der Waals surface area contributed by atoms with Gasteiger partial charge in [0.15, 0.2) is 5.82 Å². The number of likely N-dealkylation sites (tertiary alicyclic amines) is 2. The Bertz CT molecular complexity index is 2490. The van der Waals surface area contributed by atoms with Crippen molar-refractivity contribution in [2.24, 2.45) is 30.2 Å². The number of fused-ring (bicyclic) bond motifs is 7. The fourth-order valence-electron chi connectivity index (χ4n) is 10.6. The highest BCUT2D eigenvalue weighted by Gasteiger charge is 2.67. The molecule has 5 fully saturated rings. The summed E-state index contributed by atoms with van der Waals surface area (Å²) in [5.74, 6) is -0.441. The van der Waals surface area contributed by atoms with Crippen molar-refractivity contribution >= 4 is 38.4 Å². The SMILES string of the molecule is C#Cc1c(F)ccc2cc(O)cc(-c3c(F)c4nc(OCC5(CN6CC7C(C6)C7C(F)(F)F)CC5)nc(N5[C@@H]6CC[C@H]5CN(CCCOC)C6)c4c4cn(C)nc34)c12. The standard InChI is InChI=1S/C43H44F5N7O3/c1-4-27-32(44)9-6-23-14-26(56)15-28(33(23)27)34-37(45)39-35(31-18-52(2)51-38(31)34)40(55-24-7-8-25(55)17-53(16-24)12-5-13-57-3)50-41(49-39)58-22-42(10-11-42)21-54-19-29-30(20-54)36(29)43(46,47)48/h1,6,9,14-15,18,24-25,29-30,36,56H,5,7-8,10-13,16-17,19-22H2,2-3H3/t24-,25+,29?,30?,36?. The number of aromatic hydroxyl groups is 1. The first-order valence-corrected chi connectivity index (χ1v) is 20.1. The summed E-state index contributed by atoms with van der Waals surface area (Å²) in [4.78, 5) is 16.7. The number of benzene rings is 3. The zero-order valence-electron chi connectivity index (χ0n) is 32.3. The number of alkyl halides is 3.